The van der Waals surface area contributed by atoms with E-state index in [-0.39, 0.29) is 89.8 Å². The Morgan fingerprint density at radius 2 is 0.912 bits per heavy atom. The van der Waals surface area contributed by atoms with Crippen molar-refractivity contribution in [1.82, 2.24) is 9.13 Å². The van der Waals surface area contributed by atoms with E-state index in [9.17, 15) is 16.4 Å². The maximum Gasteiger partial charge on any atom is 0.256 e. The SMILES string of the molecule is [2H]c1c2c3c(c([2H])c1-c1ccc4c(c1)C(C)(C)c1ccccc1O4)N(c1c(-c4ccccc4)cc(C(C)(C)C)cc1-c1cccc(-c4ccccc4)c1)c1cc(-n4c5c([2H])c([2H])c([2H])c([2H])c5c5c([2H])c([2H])c([2H])c([2H])c54)ccc1B3c1ccc(-n3c4c([2H])c([2H])c([2H])c([2H])c4c4c([2H])c([2H])c([2H])c([2H])c43)cc1O2. The van der Waals surface area contributed by atoms with Gasteiger partial charge in [0, 0.05) is 78.0 Å². The number of hydrogen-bond acceptors (Lipinski definition) is 3. The normalized spacial score (nSPS) is 16.3. The lowest BCUT2D eigenvalue weighted by atomic mass is 9.34. The molecular formula is C85H62BN3O2. The lowest BCUT2D eigenvalue weighted by molar-refractivity contribution is 0.418. The van der Waals surface area contributed by atoms with E-state index in [0.717, 1.165) is 38.9 Å². The monoisotopic (exact) mass is 1190 g/mol. The van der Waals surface area contributed by atoms with E-state index in [2.05, 4.69) is 52.8 Å². The van der Waals surface area contributed by atoms with Crippen LogP contribution in [0.15, 0.2) is 285 Å². The topological polar surface area (TPSA) is 31.6 Å². The summed E-state index contributed by atoms with van der Waals surface area (Å²) in [4.78, 5) is 2.03. The summed E-state index contributed by atoms with van der Waals surface area (Å²) in [6.07, 6.45) is 0. The van der Waals surface area contributed by atoms with E-state index >= 15 is 0 Å². The molecule has 13 aromatic carbocycles. The third-order valence-corrected chi connectivity index (χ3v) is 18.4. The molecule has 5 heterocycles. The van der Waals surface area contributed by atoms with Crippen LogP contribution in [-0.4, -0.2) is 15.8 Å². The maximum absolute atomic E-state index is 11.5. The highest BCUT2D eigenvalue weighted by atomic mass is 16.5. The van der Waals surface area contributed by atoms with Crippen molar-refractivity contribution in [2.24, 2.45) is 0 Å². The molecule has 15 aromatic rings. The summed E-state index contributed by atoms with van der Waals surface area (Å²) in [5, 5.41) is -0.524. The molecule has 0 fully saturated rings. The van der Waals surface area contributed by atoms with Crippen LogP contribution < -0.4 is 30.8 Å². The van der Waals surface area contributed by atoms with E-state index in [0.29, 0.717) is 56.0 Å². The highest BCUT2D eigenvalue weighted by Gasteiger charge is 2.44. The fraction of sp³-hybridized carbons (Fsp3) is 0.0824. The Kier molecular flexibility index (Phi) is 8.27. The van der Waals surface area contributed by atoms with Crippen molar-refractivity contribution in [3.63, 3.8) is 0 Å². The van der Waals surface area contributed by atoms with Crippen molar-refractivity contribution in [3.8, 4) is 78.9 Å². The summed E-state index contributed by atoms with van der Waals surface area (Å²) in [5.74, 6) is 1.40. The molecule has 18 rings (SSSR count). The molecule has 0 N–H and O–H groups in total. The van der Waals surface area contributed by atoms with Crippen molar-refractivity contribution >= 4 is 83.8 Å². The van der Waals surface area contributed by atoms with E-state index in [4.69, 9.17) is 17.7 Å². The van der Waals surface area contributed by atoms with Gasteiger partial charge in [0.2, 0.25) is 0 Å². The number of hydrogen-bond donors (Lipinski definition) is 0. The number of ether oxygens (including phenoxy) is 2. The molecular weight excluding hydrogens is 1110 g/mol. The Balaban J connectivity index is 1.02. The van der Waals surface area contributed by atoms with Gasteiger partial charge in [0.05, 0.1) is 52.4 Å². The van der Waals surface area contributed by atoms with Crippen LogP contribution in [0, 0.1) is 0 Å². The molecule has 3 aliphatic heterocycles. The van der Waals surface area contributed by atoms with Gasteiger partial charge in [-0.15, -0.1) is 0 Å². The van der Waals surface area contributed by atoms with Gasteiger partial charge in [0.1, 0.15) is 23.0 Å². The molecule has 91 heavy (non-hydrogen) atoms. The van der Waals surface area contributed by atoms with E-state index < -0.39 is 114 Å². The van der Waals surface area contributed by atoms with Gasteiger partial charge in [0.15, 0.2) is 0 Å². The minimum atomic E-state index is -1.00. The van der Waals surface area contributed by atoms with Crippen LogP contribution in [-0.2, 0) is 10.8 Å². The van der Waals surface area contributed by atoms with Crippen molar-refractivity contribution in [1.29, 1.82) is 0 Å². The fourth-order valence-electron chi connectivity index (χ4n) is 14.0. The zero-order valence-corrected chi connectivity index (χ0v) is 50.0. The molecule has 5 nitrogen and oxygen atoms in total. The number of anilines is 3. The summed E-state index contributed by atoms with van der Waals surface area (Å²) < 4.78 is 188. The van der Waals surface area contributed by atoms with E-state index in [1.54, 1.807) is 24.3 Å². The smallest absolute Gasteiger partial charge is 0.256 e. The van der Waals surface area contributed by atoms with Crippen LogP contribution in [0.25, 0.3) is 99.5 Å². The van der Waals surface area contributed by atoms with E-state index in [1.807, 2.05) is 138 Å². The van der Waals surface area contributed by atoms with Gasteiger partial charge in [-0.05, 0) is 152 Å². The number of para-hydroxylation sites is 5. The Labute approximate surface area is 555 Å². The molecule has 0 radical (unpaired) electrons. The Morgan fingerprint density at radius 1 is 0.396 bits per heavy atom. The van der Waals surface area contributed by atoms with Crippen molar-refractivity contribution in [2.75, 3.05) is 4.90 Å². The van der Waals surface area contributed by atoms with Crippen LogP contribution in [0.1, 0.15) is 76.0 Å². The predicted octanol–water partition coefficient (Wildman–Crippen LogP) is 20.7. The highest BCUT2D eigenvalue weighted by Crippen LogP contribution is 2.54. The molecule has 0 aliphatic carbocycles. The molecule has 0 bridgehead atoms. The third kappa shape index (κ3) is 8.18. The van der Waals surface area contributed by atoms with Gasteiger partial charge in [-0.2, -0.15) is 0 Å². The number of aromatic nitrogens is 2. The summed E-state index contributed by atoms with van der Waals surface area (Å²) in [5.41, 5.74) is 9.33. The minimum Gasteiger partial charge on any atom is -0.458 e. The largest absolute Gasteiger partial charge is 0.458 e. The number of nitrogens with zero attached hydrogens (tertiary/aromatic N) is 3. The second-order valence-electron chi connectivity index (χ2n) is 25.0. The molecule has 0 atom stereocenters. The summed E-state index contributed by atoms with van der Waals surface area (Å²) >= 11 is 0. The Hall–Kier alpha value is -11.1. The Bertz CT molecular complexity index is 6480. The average molecular weight is 1190 g/mol. The second kappa shape index (κ2) is 20.0. The first kappa shape index (κ1) is 37.7. The van der Waals surface area contributed by atoms with Gasteiger partial charge < -0.3 is 23.5 Å². The lowest BCUT2D eigenvalue weighted by Gasteiger charge is -2.42. The van der Waals surface area contributed by atoms with Gasteiger partial charge >= 0.3 is 0 Å². The van der Waals surface area contributed by atoms with Gasteiger partial charge in [-0.1, -0.05) is 222 Å². The molecule has 432 valence electrons. The average Bonchev–Trinajstić information content (AvgIpc) is 1.44. The van der Waals surface area contributed by atoms with Crippen LogP contribution >= 0.6 is 0 Å². The summed E-state index contributed by atoms with van der Waals surface area (Å²) in [6, 6.07) is 47.1. The maximum atomic E-state index is 11.5. The highest BCUT2D eigenvalue weighted by molar-refractivity contribution is 6.99. The van der Waals surface area contributed by atoms with Crippen molar-refractivity contribution < 1.29 is 34.1 Å². The van der Waals surface area contributed by atoms with Crippen LogP contribution in [0.3, 0.4) is 0 Å². The van der Waals surface area contributed by atoms with Crippen LogP contribution in [0.2, 0.25) is 0 Å². The molecule has 0 amide bonds. The molecule has 0 spiro atoms. The first-order valence-electron chi connectivity index (χ1n) is 39.3. The minimum absolute atomic E-state index is 0.0228. The molecule has 6 heteroatoms. The molecule has 0 saturated heterocycles. The molecule has 0 unspecified atom stereocenters. The molecule has 0 saturated carbocycles. The molecule has 3 aliphatic rings. The van der Waals surface area contributed by atoms with E-state index in [1.165, 1.54) is 9.13 Å². The second-order valence-corrected chi connectivity index (χ2v) is 25.0. The zero-order chi connectivity index (χ0) is 76.5. The fourth-order valence-corrected chi connectivity index (χ4v) is 14.0. The van der Waals surface area contributed by atoms with Crippen molar-refractivity contribution in [3.05, 3.63) is 301 Å². The van der Waals surface area contributed by atoms with Crippen molar-refractivity contribution in [2.45, 2.75) is 45.4 Å². The summed E-state index contributed by atoms with van der Waals surface area (Å²) in [6.45, 7) is 9.61. The standard InChI is InChI=1S/C85H62BN3O2/c1-84(2,3)59-49-66(54-25-10-7-11-26-54)83(67(50-59)57-28-22-27-55(45-57)53-23-8-6-9-24-53)89-76-51-60(87-72-34-17-12-29-62(72)63-30-13-18-35-73(63)87)40-42-70(76)86-71-43-41-61(88-74-36-19-14-31-64(74)65-32-15-20-37-75(65)88)52-80(71)91-81-48-58(47-77(89)82(81)86)56-39-44-79-69(46-56)85(4,5)68-33-16-21-38-78(68)90-79/h6-52H,1-5H3/i12D,13D,14D,15D,17D,18D,19D,20D,29D,30D,31D,32D,34D,35D,36D,37D,47D,48D. The van der Waals surface area contributed by atoms with Gasteiger partial charge in [-0.25, -0.2) is 0 Å². The first-order chi connectivity index (χ1) is 52.0. The predicted molar refractivity (Wildman–Crippen MR) is 380 cm³/mol. The quantitative estimate of drug-likeness (QED) is 0.149. The zero-order valence-electron chi connectivity index (χ0n) is 68.0. The third-order valence-electron chi connectivity index (χ3n) is 18.4. The first-order valence-corrected chi connectivity index (χ1v) is 30.3. The molecule has 2 aromatic heterocycles. The lowest BCUT2D eigenvalue weighted by Crippen LogP contribution is -2.59. The summed E-state index contributed by atoms with van der Waals surface area (Å²) in [7, 11) is 0. The number of fused-ring (bicyclic) bond motifs is 12. The van der Waals surface area contributed by atoms with Crippen LogP contribution in [0.5, 0.6) is 23.0 Å². The number of rotatable bonds is 7. The van der Waals surface area contributed by atoms with Crippen LogP contribution in [0.4, 0.5) is 17.1 Å². The van der Waals surface area contributed by atoms with Gasteiger partial charge in [0.25, 0.3) is 6.71 Å². The Morgan fingerprint density at radius 3 is 1.55 bits per heavy atom. The number of benzene rings is 13. The van der Waals surface area contributed by atoms with Gasteiger partial charge in [-0.3, -0.25) is 0 Å².